The molecule has 0 aliphatic carbocycles. The summed E-state index contributed by atoms with van der Waals surface area (Å²) in [5.74, 6) is 0. The minimum absolute atomic E-state index is 0.133. The smallest absolute Gasteiger partial charge is 0.106 e. The molecular weight excluding hydrogens is 300 g/mol. The molecule has 1 heterocycles. The lowest BCUT2D eigenvalue weighted by atomic mass is 9.86. The van der Waals surface area contributed by atoms with E-state index in [1.807, 2.05) is 18.2 Å². The van der Waals surface area contributed by atoms with E-state index in [4.69, 9.17) is 0 Å². The molecule has 0 bridgehead atoms. The van der Waals surface area contributed by atoms with Crippen LogP contribution < -0.4 is 5.32 Å². The minimum atomic E-state index is 0.133. The second-order valence-corrected chi connectivity index (χ2v) is 6.41. The van der Waals surface area contributed by atoms with Gasteiger partial charge < -0.3 is 5.32 Å². The van der Waals surface area contributed by atoms with Crippen LogP contribution >= 0.6 is 15.9 Å². The number of aromatic nitrogens is 1. The van der Waals surface area contributed by atoms with Crippen molar-refractivity contribution in [2.45, 2.75) is 32.7 Å². The summed E-state index contributed by atoms with van der Waals surface area (Å²) in [5.41, 5.74) is 3.66. The fraction of sp³-hybridized carbons (Fsp3) is 0.312. The van der Waals surface area contributed by atoms with Gasteiger partial charge >= 0.3 is 0 Å². The summed E-state index contributed by atoms with van der Waals surface area (Å²) in [4.78, 5) is 4.43. The van der Waals surface area contributed by atoms with E-state index in [1.54, 1.807) is 0 Å². The Kier molecular flexibility index (Phi) is 4.25. The van der Waals surface area contributed by atoms with Crippen molar-refractivity contribution in [1.29, 1.82) is 0 Å². The summed E-state index contributed by atoms with van der Waals surface area (Å²) in [6.45, 7) is 7.41. The molecule has 19 heavy (non-hydrogen) atoms. The van der Waals surface area contributed by atoms with Gasteiger partial charge in [0.05, 0.1) is 12.2 Å². The first-order valence-corrected chi connectivity index (χ1v) is 7.21. The molecule has 2 nitrogen and oxygen atoms in total. The van der Waals surface area contributed by atoms with Crippen molar-refractivity contribution in [1.82, 2.24) is 4.98 Å². The summed E-state index contributed by atoms with van der Waals surface area (Å²) in [6.07, 6.45) is 0. The predicted molar refractivity (Wildman–Crippen MR) is 84.4 cm³/mol. The van der Waals surface area contributed by atoms with Crippen molar-refractivity contribution in [3.8, 4) is 0 Å². The van der Waals surface area contributed by atoms with Gasteiger partial charge in [-0.15, -0.1) is 0 Å². The number of nitrogens with one attached hydrogen (secondary N) is 1. The molecule has 0 amide bonds. The van der Waals surface area contributed by atoms with E-state index in [-0.39, 0.29) is 5.41 Å². The molecule has 1 aromatic heterocycles. The second-order valence-electron chi connectivity index (χ2n) is 5.60. The molecule has 0 saturated heterocycles. The van der Waals surface area contributed by atoms with Crippen LogP contribution in [0.5, 0.6) is 0 Å². The summed E-state index contributed by atoms with van der Waals surface area (Å²) >= 11 is 3.40. The van der Waals surface area contributed by atoms with E-state index in [1.165, 1.54) is 11.3 Å². The number of benzene rings is 1. The zero-order valence-corrected chi connectivity index (χ0v) is 13.2. The Labute approximate surface area is 123 Å². The van der Waals surface area contributed by atoms with E-state index in [2.05, 4.69) is 71.3 Å². The highest BCUT2D eigenvalue weighted by Gasteiger charge is 2.17. The summed E-state index contributed by atoms with van der Waals surface area (Å²) in [5, 5.41) is 3.48. The molecule has 0 radical (unpaired) electrons. The summed E-state index contributed by atoms with van der Waals surface area (Å²) in [7, 11) is 0. The van der Waals surface area contributed by atoms with Crippen LogP contribution in [0.3, 0.4) is 0 Å². The molecule has 1 aromatic carbocycles. The van der Waals surface area contributed by atoms with Crippen LogP contribution in [-0.2, 0) is 12.0 Å². The topological polar surface area (TPSA) is 24.9 Å². The Morgan fingerprint density at radius 1 is 1.05 bits per heavy atom. The maximum absolute atomic E-state index is 4.43. The molecule has 1 N–H and O–H groups in total. The molecule has 0 saturated carbocycles. The number of halogens is 1. The summed E-state index contributed by atoms with van der Waals surface area (Å²) < 4.78 is 0.871. The van der Waals surface area contributed by atoms with Gasteiger partial charge in [-0.25, -0.2) is 4.98 Å². The van der Waals surface area contributed by atoms with Gasteiger partial charge in [-0.2, -0.15) is 0 Å². The first kappa shape index (κ1) is 14.1. The van der Waals surface area contributed by atoms with Crippen LogP contribution in [-0.4, -0.2) is 4.98 Å². The number of para-hydroxylation sites is 1. The molecular formula is C16H19BrN2. The number of nitrogens with zero attached hydrogens (tertiary/aromatic N) is 1. The van der Waals surface area contributed by atoms with Gasteiger partial charge in [-0.3, -0.25) is 0 Å². The number of anilines is 1. The Morgan fingerprint density at radius 2 is 1.79 bits per heavy atom. The predicted octanol–water partition coefficient (Wildman–Crippen LogP) is 4.75. The van der Waals surface area contributed by atoms with Crippen LogP contribution in [0.4, 0.5) is 5.69 Å². The number of hydrogen-bond donors (Lipinski definition) is 1. The number of pyridine rings is 1. The van der Waals surface area contributed by atoms with Gasteiger partial charge in [0.15, 0.2) is 0 Å². The maximum Gasteiger partial charge on any atom is 0.106 e. The quantitative estimate of drug-likeness (QED) is 0.826. The third kappa shape index (κ3) is 3.80. The second kappa shape index (κ2) is 5.74. The largest absolute Gasteiger partial charge is 0.379 e. The van der Waals surface area contributed by atoms with Crippen molar-refractivity contribution >= 4 is 21.6 Å². The van der Waals surface area contributed by atoms with E-state index < -0.39 is 0 Å². The zero-order valence-electron chi connectivity index (χ0n) is 11.6. The van der Waals surface area contributed by atoms with Crippen molar-refractivity contribution in [3.63, 3.8) is 0 Å². The van der Waals surface area contributed by atoms with Gasteiger partial charge in [0, 0.05) is 5.69 Å². The molecule has 2 aromatic rings. The minimum Gasteiger partial charge on any atom is -0.379 e. The molecule has 0 atom stereocenters. The van der Waals surface area contributed by atoms with Gasteiger partial charge in [0.25, 0.3) is 0 Å². The van der Waals surface area contributed by atoms with Crippen molar-refractivity contribution in [2.75, 3.05) is 5.32 Å². The summed E-state index contributed by atoms with van der Waals surface area (Å²) in [6, 6.07) is 14.4. The van der Waals surface area contributed by atoms with E-state index in [0.717, 1.165) is 16.8 Å². The number of hydrogen-bond acceptors (Lipinski definition) is 2. The van der Waals surface area contributed by atoms with Crippen LogP contribution in [0.1, 0.15) is 32.0 Å². The highest BCUT2D eigenvalue weighted by atomic mass is 79.9. The molecule has 3 heteroatoms. The van der Waals surface area contributed by atoms with Gasteiger partial charge in [0.2, 0.25) is 0 Å². The average molecular weight is 319 g/mol. The lowest BCUT2D eigenvalue weighted by Gasteiger charge is -2.23. The number of rotatable bonds is 3. The van der Waals surface area contributed by atoms with Crippen LogP contribution in [0, 0.1) is 0 Å². The maximum atomic E-state index is 4.43. The van der Waals surface area contributed by atoms with E-state index in [9.17, 15) is 0 Å². The monoisotopic (exact) mass is 318 g/mol. The highest BCUT2D eigenvalue weighted by Crippen LogP contribution is 2.29. The third-order valence-electron chi connectivity index (χ3n) is 2.97. The van der Waals surface area contributed by atoms with E-state index in [0.29, 0.717) is 0 Å². The average Bonchev–Trinajstić information content (AvgIpc) is 2.36. The standard InChI is InChI=1S/C16H19BrN2/c1-16(2,3)13-8-4-5-9-14(13)18-11-12-7-6-10-15(17)19-12/h4-10,18H,11H2,1-3H3. The zero-order chi connectivity index (χ0) is 13.9. The Morgan fingerprint density at radius 3 is 2.47 bits per heavy atom. The van der Waals surface area contributed by atoms with Crippen molar-refractivity contribution < 1.29 is 0 Å². The molecule has 0 fully saturated rings. The first-order chi connectivity index (χ1) is 8.97. The lowest BCUT2D eigenvalue weighted by Crippen LogP contribution is -2.15. The fourth-order valence-electron chi connectivity index (χ4n) is 2.03. The third-order valence-corrected chi connectivity index (χ3v) is 3.41. The van der Waals surface area contributed by atoms with Gasteiger partial charge in [-0.1, -0.05) is 45.0 Å². The highest BCUT2D eigenvalue weighted by molar-refractivity contribution is 9.10. The van der Waals surface area contributed by atoms with E-state index >= 15 is 0 Å². The lowest BCUT2D eigenvalue weighted by molar-refractivity contribution is 0.591. The molecule has 0 aliphatic rings. The Hall–Kier alpha value is -1.35. The molecule has 0 spiro atoms. The van der Waals surface area contributed by atoms with Crippen molar-refractivity contribution in [3.05, 3.63) is 58.3 Å². The molecule has 0 aliphatic heterocycles. The van der Waals surface area contributed by atoms with Crippen LogP contribution in [0.25, 0.3) is 0 Å². The Bertz CT molecular complexity index is 559. The Balaban J connectivity index is 2.16. The molecule has 100 valence electrons. The normalized spacial score (nSPS) is 11.4. The SMILES string of the molecule is CC(C)(C)c1ccccc1NCc1cccc(Br)n1. The first-order valence-electron chi connectivity index (χ1n) is 6.41. The fourth-order valence-corrected chi connectivity index (χ4v) is 2.41. The van der Waals surface area contributed by atoms with Gasteiger partial charge in [0.1, 0.15) is 4.60 Å². The van der Waals surface area contributed by atoms with Crippen LogP contribution in [0.2, 0.25) is 0 Å². The van der Waals surface area contributed by atoms with Crippen molar-refractivity contribution in [2.24, 2.45) is 0 Å². The molecule has 0 unspecified atom stereocenters. The molecule has 2 rings (SSSR count). The van der Waals surface area contributed by atoms with Gasteiger partial charge in [-0.05, 0) is 45.1 Å². The van der Waals surface area contributed by atoms with Crippen LogP contribution in [0.15, 0.2) is 47.1 Å².